The molecule has 0 fully saturated rings. The largest absolute Gasteiger partial charge is 0.396 e. The highest BCUT2D eigenvalue weighted by molar-refractivity contribution is 8.03. The maximum atomic E-state index is 14.8. The number of aliphatic hydroxyl groups is 2. The summed E-state index contributed by atoms with van der Waals surface area (Å²) in [5.74, 6) is -0.210. The molecule has 3 heterocycles. The van der Waals surface area contributed by atoms with Crippen LogP contribution in [0.1, 0.15) is 36.8 Å². The van der Waals surface area contributed by atoms with Gasteiger partial charge in [0.25, 0.3) is 0 Å². The van der Waals surface area contributed by atoms with Gasteiger partial charge in [0.15, 0.2) is 6.20 Å². The van der Waals surface area contributed by atoms with Gasteiger partial charge in [-0.25, -0.2) is 4.39 Å². The van der Waals surface area contributed by atoms with Gasteiger partial charge in [-0.2, -0.15) is 4.57 Å². The van der Waals surface area contributed by atoms with E-state index >= 15 is 0 Å². The molecule has 2 aromatic heterocycles. The van der Waals surface area contributed by atoms with E-state index in [0.717, 1.165) is 77.2 Å². The van der Waals surface area contributed by atoms with Crippen molar-refractivity contribution in [2.75, 3.05) is 24.7 Å². The zero-order valence-electron chi connectivity index (χ0n) is 21.1. The molecule has 5 nitrogen and oxygen atoms in total. The van der Waals surface area contributed by atoms with E-state index in [9.17, 15) is 14.6 Å². The number of nitrogens with zero attached hydrogens (tertiary/aromatic N) is 2. The molecule has 1 aliphatic heterocycles. The summed E-state index contributed by atoms with van der Waals surface area (Å²) < 4.78 is 16.9. The fraction of sp³-hybridized carbons (Fsp3) is 0.300. The Hall–Kier alpha value is -3.13. The summed E-state index contributed by atoms with van der Waals surface area (Å²) in [5, 5.41) is 20.5. The smallest absolute Gasteiger partial charge is 0.213 e. The van der Waals surface area contributed by atoms with Crippen LogP contribution < -0.4 is 9.47 Å². The van der Waals surface area contributed by atoms with Crippen LogP contribution in [0.15, 0.2) is 70.8 Å². The van der Waals surface area contributed by atoms with E-state index in [4.69, 9.17) is 0 Å². The molecule has 37 heavy (non-hydrogen) atoms. The number of unbranched alkanes of at least 4 members (excludes halogenated alkanes) is 2. The first kappa shape index (κ1) is 25.5. The number of anilines is 1. The van der Waals surface area contributed by atoms with Crippen molar-refractivity contribution in [2.24, 2.45) is 0 Å². The Balaban J connectivity index is 1.55. The molecule has 0 unspecified atom stereocenters. The maximum absolute atomic E-state index is 14.8. The molecule has 7 heteroatoms. The topological polar surface area (TPSA) is 63.4 Å². The molecule has 0 atom stereocenters. The number of H-pyrrole nitrogens is 1. The van der Waals surface area contributed by atoms with Gasteiger partial charge in [-0.1, -0.05) is 17.8 Å². The van der Waals surface area contributed by atoms with E-state index in [2.05, 4.69) is 57.1 Å². The molecule has 1 aliphatic rings. The van der Waals surface area contributed by atoms with Crippen molar-refractivity contribution in [3.8, 4) is 11.3 Å². The summed E-state index contributed by atoms with van der Waals surface area (Å²) >= 11 is 1.73. The number of hydrogen-bond acceptors (Lipinski definition) is 4. The quantitative estimate of drug-likeness (QED) is 0.177. The first-order chi connectivity index (χ1) is 18.1. The van der Waals surface area contributed by atoms with Crippen LogP contribution in [0.25, 0.3) is 28.2 Å². The van der Waals surface area contributed by atoms with Crippen LogP contribution in [0.2, 0.25) is 0 Å². The van der Waals surface area contributed by atoms with Crippen molar-refractivity contribution in [3.63, 3.8) is 0 Å². The van der Waals surface area contributed by atoms with Gasteiger partial charge in [-0.15, -0.1) is 0 Å². The zero-order valence-corrected chi connectivity index (χ0v) is 21.9. The Morgan fingerprint density at radius 3 is 2.65 bits per heavy atom. The van der Waals surface area contributed by atoms with E-state index < -0.39 is 0 Å². The SMILES string of the molecule is Cc1cc2c(cc1F)c(/C=C1/Sc3cc(-c4ccc[nH]4)ccc3N1CCCCO)cc[n+]2CCCCO. The third-order valence-electron chi connectivity index (χ3n) is 6.85. The lowest BCUT2D eigenvalue weighted by Gasteiger charge is -2.20. The summed E-state index contributed by atoms with van der Waals surface area (Å²) in [4.78, 5) is 6.78. The molecule has 0 radical (unpaired) electrons. The second-order valence-corrected chi connectivity index (χ2v) is 10.5. The molecule has 192 valence electrons. The number of aliphatic hydroxyl groups excluding tert-OH is 2. The summed E-state index contributed by atoms with van der Waals surface area (Å²) in [6, 6.07) is 16.2. The highest BCUT2D eigenvalue weighted by atomic mass is 32.2. The second kappa shape index (κ2) is 11.5. The lowest BCUT2D eigenvalue weighted by molar-refractivity contribution is -0.671. The number of fused-ring (bicyclic) bond motifs is 2. The summed E-state index contributed by atoms with van der Waals surface area (Å²) in [6.45, 7) is 3.72. The standard InChI is InChI=1S/C30H33FN3O2S/c1-21-17-28-24(20-25(21)31)22(10-14-33(28)12-2-4-15-35)19-30-34(13-3-5-16-36)27-9-8-23(18-29(27)37-30)26-7-6-11-32-26/h6-11,14,17-20,32,35-36H,2-5,12-13,15-16H2,1H3/q+1. The Labute approximate surface area is 221 Å². The van der Waals surface area contributed by atoms with Gasteiger partial charge in [-0.3, -0.25) is 0 Å². The summed E-state index contributed by atoms with van der Waals surface area (Å²) in [5.41, 5.74) is 5.97. The number of hydrogen-bond donors (Lipinski definition) is 3. The predicted molar refractivity (Wildman–Crippen MR) is 149 cm³/mol. The molecule has 3 N–H and O–H groups in total. The van der Waals surface area contributed by atoms with Crippen molar-refractivity contribution in [3.05, 3.63) is 82.9 Å². The molecule has 2 aromatic carbocycles. The van der Waals surface area contributed by atoms with Crippen LogP contribution in [0, 0.1) is 12.7 Å². The Morgan fingerprint density at radius 2 is 1.86 bits per heavy atom. The van der Waals surface area contributed by atoms with E-state index in [1.54, 1.807) is 24.8 Å². The summed E-state index contributed by atoms with van der Waals surface area (Å²) in [6.07, 6.45) is 9.38. The molecule has 0 aliphatic carbocycles. The number of aryl methyl sites for hydroxylation is 2. The van der Waals surface area contributed by atoms with Crippen LogP contribution >= 0.6 is 11.8 Å². The predicted octanol–water partition coefficient (Wildman–Crippen LogP) is 6.03. The van der Waals surface area contributed by atoms with Gasteiger partial charge in [0, 0.05) is 55.1 Å². The van der Waals surface area contributed by atoms with Crippen molar-refractivity contribution in [2.45, 2.75) is 44.0 Å². The van der Waals surface area contributed by atoms with Crippen molar-refractivity contribution in [1.29, 1.82) is 0 Å². The average molecular weight is 519 g/mol. The highest BCUT2D eigenvalue weighted by Gasteiger charge is 2.26. The number of aromatic nitrogens is 2. The first-order valence-electron chi connectivity index (χ1n) is 12.9. The Bertz CT molecular complexity index is 1420. The third kappa shape index (κ3) is 5.44. The van der Waals surface area contributed by atoms with Gasteiger partial charge in [-0.05, 0) is 79.3 Å². The Morgan fingerprint density at radius 1 is 1.03 bits per heavy atom. The van der Waals surface area contributed by atoms with Gasteiger partial charge >= 0.3 is 0 Å². The van der Waals surface area contributed by atoms with Crippen molar-refractivity contribution >= 4 is 34.4 Å². The molecule has 4 aromatic rings. The number of thioether (sulfide) groups is 1. The molecule has 0 bridgehead atoms. The minimum absolute atomic E-state index is 0.172. The number of aromatic amines is 1. The van der Waals surface area contributed by atoms with Gasteiger partial charge in [0.1, 0.15) is 12.4 Å². The second-order valence-electron chi connectivity index (χ2n) is 9.45. The molecule has 0 amide bonds. The Kier molecular flexibility index (Phi) is 7.93. The molecule has 5 rings (SSSR count). The van der Waals surface area contributed by atoms with Crippen LogP contribution in [0.5, 0.6) is 0 Å². The fourth-order valence-electron chi connectivity index (χ4n) is 4.83. The fourth-order valence-corrected chi connectivity index (χ4v) is 6.01. The van der Waals surface area contributed by atoms with Crippen molar-refractivity contribution < 1.29 is 19.2 Å². The molecule has 0 saturated carbocycles. The molecule has 0 saturated heterocycles. The van der Waals surface area contributed by atoms with Crippen LogP contribution in [-0.2, 0) is 6.54 Å². The zero-order chi connectivity index (χ0) is 25.8. The van der Waals surface area contributed by atoms with Crippen LogP contribution in [-0.4, -0.2) is 35.0 Å². The van der Waals surface area contributed by atoms with Crippen LogP contribution in [0.4, 0.5) is 10.1 Å². The van der Waals surface area contributed by atoms with E-state index in [1.807, 2.05) is 18.3 Å². The van der Waals surface area contributed by atoms with E-state index in [0.29, 0.717) is 5.56 Å². The average Bonchev–Trinajstić information content (AvgIpc) is 3.55. The first-order valence-corrected chi connectivity index (χ1v) is 13.7. The number of nitrogens with one attached hydrogen (secondary N) is 1. The minimum Gasteiger partial charge on any atom is -0.396 e. The lowest BCUT2D eigenvalue weighted by Crippen LogP contribution is -2.34. The highest BCUT2D eigenvalue weighted by Crippen LogP contribution is 2.48. The van der Waals surface area contributed by atoms with Crippen LogP contribution in [0.3, 0.4) is 0 Å². The number of halogens is 1. The monoisotopic (exact) mass is 518 g/mol. The van der Waals surface area contributed by atoms with E-state index in [1.165, 1.54) is 4.90 Å². The van der Waals surface area contributed by atoms with Gasteiger partial charge in [0.2, 0.25) is 5.52 Å². The number of rotatable bonds is 10. The minimum atomic E-state index is -0.210. The normalized spacial score (nSPS) is 14.2. The molecular formula is C30H33FN3O2S+. The summed E-state index contributed by atoms with van der Waals surface area (Å²) in [7, 11) is 0. The third-order valence-corrected chi connectivity index (χ3v) is 7.94. The van der Waals surface area contributed by atoms with E-state index in [-0.39, 0.29) is 19.0 Å². The number of pyridine rings is 1. The maximum Gasteiger partial charge on any atom is 0.213 e. The number of benzene rings is 2. The van der Waals surface area contributed by atoms with Gasteiger partial charge in [0.05, 0.1) is 16.1 Å². The van der Waals surface area contributed by atoms with Crippen molar-refractivity contribution in [1.82, 2.24) is 4.98 Å². The lowest BCUT2D eigenvalue weighted by atomic mass is 10.1. The van der Waals surface area contributed by atoms with Gasteiger partial charge < -0.3 is 20.1 Å². The molecule has 0 spiro atoms. The molecular weight excluding hydrogens is 485 g/mol.